The van der Waals surface area contributed by atoms with Crippen LogP contribution in [-0.4, -0.2) is 6.54 Å². The van der Waals surface area contributed by atoms with Crippen molar-refractivity contribution in [2.45, 2.75) is 13.0 Å². The third-order valence-electron chi connectivity index (χ3n) is 1.81. The number of hydrogen-bond acceptors (Lipinski definition) is 2. The van der Waals surface area contributed by atoms with Gasteiger partial charge in [-0.25, -0.2) is 4.39 Å². The SMILES string of the molecule is Cc1ccc(C(N)CN)c(F)c1. The van der Waals surface area contributed by atoms with Gasteiger partial charge in [-0.3, -0.25) is 0 Å². The summed E-state index contributed by atoms with van der Waals surface area (Å²) in [4.78, 5) is 0. The minimum atomic E-state index is -0.398. The van der Waals surface area contributed by atoms with Crippen molar-refractivity contribution >= 4 is 0 Å². The summed E-state index contributed by atoms with van der Waals surface area (Å²) in [6.07, 6.45) is 0. The molecule has 0 bridgehead atoms. The lowest BCUT2D eigenvalue weighted by atomic mass is 10.1. The van der Waals surface area contributed by atoms with Crippen LogP contribution in [0, 0.1) is 12.7 Å². The fourth-order valence-electron chi connectivity index (χ4n) is 1.06. The Labute approximate surface area is 71.4 Å². The number of hydrogen-bond donors (Lipinski definition) is 2. The number of aryl methyl sites for hydroxylation is 1. The molecule has 0 heterocycles. The predicted molar refractivity (Wildman–Crippen MR) is 47.1 cm³/mol. The Morgan fingerprint density at radius 2 is 2.17 bits per heavy atom. The van der Waals surface area contributed by atoms with E-state index in [1.165, 1.54) is 6.07 Å². The largest absolute Gasteiger partial charge is 0.329 e. The van der Waals surface area contributed by atoms with Gasteiger partial charge >= 0.3 is 0 Å². The Kier molecular flexibility index (Phi) is 2.78. The van der Waals surface area contributed by atoms with Gasteiger partial charge in [0.25, 0.3) is 0 Å². The van der Waals surface area contributed by atoms with Crippen molar-refractivity contribution in [1.29, 1.82) is 0 Å². The van der Waals surface area contributed by atoms with Crippen LogP contribution in [0.2, 0.25) is 0 Å². The molecule has 12 heavy (non-hydrogen) atoms. The van der Waals surface area contributed by atoms with Crippen LogP contribution < -0.4 is 11.5 Å². The second-order valence-electron chi connectivity index (χ2n) is 2.87. The van der Waals surface area contributed by atoms with Gasteiger partial charge in [0.1, 0.15) is 5.82 Å². The van der Waals surface area contributed by atoms with E-state index in [1.807, 2.05) is 13.0 Å². The van der Waals surface area contributed by atoms with Gasteiger partial charge < -0.3 is 11.5 Å². The summed E-state index contributed by atoms with van der Waals surface area (Å²) in [5.41, 5.74) is 12.3. The van der Waals surface area contributed by atoms with Gasteiger partial charge in [-0.05, 0) is 18.6 Å². The Bertz CT molecular complexity index is 273. The molecule has 0 amide bonds. The van der Waals surface area contributed by atoms with Crippen molar-refractivity contribution in [3.63, 3.8) is 0 Å². The second-order valence-corrected chi connectivity index (χ2v) is 2.87. The molecule has 0 aliphatic rings. The number of nitrogens with two attached hydrogens (primary N) is 2. The minimum Gasteiger partial charge on any atom is -0.329 e. The van der Waals surface area contributed by atoms with Crippen molar-refractivity contribution in [3.05, 3.63) is 35.1 Å². The maximum atomic E-state index is 13.2. The topological polar surface area (TPSA) is 52.0 Å². The lowest BCUT2D eigenvalue weighted by molar-refractivity contribution is 0.583. The molecule has 1 unspecified atom stereocenters. The van der Waals surface area contributed by atoms with Gasteiger partial charge in [-0.15, -0.1) is 0 Å². The van der Waals surface area contributed by atoms with Crippen LogP contribution >= 0.6 is 0 Å². The first-order valence-corrected chi connectivity index (χ1v) is 3.87. The molecule has 0 saturated carbocycles. The molecular weight excluding hydrogens is 155 g/mol. The first-order valence-electron chi connectivity index (χ1n) is 3.87. The highest BCUT2D eigenvalue weighted by Crippen LogP contribution is 2.15. The van der Waals surface area contributed by atoms with Gasteiger partial charge in [0.2, 0.25) is 0 Å². The molecule has 1 aromatic rings. The highest BCUT2D eigenvalue weighted by atomic mass is 19.1. The molecule has 0 aromatic heterocycles. The molecule has 0 aliphatic heterocycles. The van der Waals surface area contributed by atoms with Crippen molar-refractivity contribution in [2.75, 3.05) is 6.54 Å². The maximum absolute atomic E-state index is 13.2. The van der Waals surface area contributed by atoms with E-state index in [0.717, 1.165) is 5.56 Å². The van der Waals surface area contributed by atoms with Gasteiger partial charge in [-0.2, -0.15) is 0 Å². The molecule has 2 nitrogen and oxygen atoms in total. The van der Waals surface area contributed by atoms with Crippen molar-refractivity contribution in [3.8, 4) is 0 Å². The van der Waals surface area contributed by atoms with E-state index in [9.17, 15) is 4.39 Å². The standard InChI is InChI=1S/C9H13FN2/c1-6-2-3-7(8(10)4-6)9(12)5-11/h2-4,9H,5,11-12H2,1H3. The van der Waals surface area contributed by atoms with Crippen molar-refractivity contribution < 1.29 is 4.39 Å². The number of halogens is 1. The molecule has 66 valence electrons. The number of rotatable bonds is 2. The third-order valence-corrected chi connectivity index (χ3v) is 1.81. The molecule has 3 heteroatoms. The lowest BCUT2D eigenvalue weighted by Crippen LogP contribution is -2.21. The summed E-state index contributed by atoms with van der Waals surface area (Å²) >= 11 is 0. The average molecular weight is 168 g/mol. The molecular formula is C9H13FN2. The fraction of sp³-hybridized carbons (Fsp3) is 0.333. The molecule has 0 fully saturated rings. The normalized spacial score (nSPS) is 13.0. The zero-order valence-corrected chi connectivity index (χ0v) is 7.05. The Balaban J connectivity index is 3.01. The van der Waals surface area contributed by atoms with Crippen LogP contribution in [0.15, 0.2) is 18.2 Å². The van der Waals surface area contributed by atoms with Crippen LogP contribution in [0.4, 0.5) is 4.39 Å². The Hall–Kier alpha value is -0.930. The predicted octanol–water partition coefficient (Wildman–Crippen LogP) is 1.09. The fourth-order valence-corrected chi connectivity index (χ4v) is 1.06. The lowest BCUT2D eigenvalue weighted by Gasteiger charge is -2.10. The molecule has 0 radical (unpaired) electrons. The van der Waals surface area contributed by atoms with Gasteiger partial charge in [0.15, 0.2) is 0 Å². The maximum Gasteiger partial charge on any atom is 0.128 e. The molecule has 0 aliphatic carbocycles. The van der Waals surface area contributed by atoms with Crippen LogP contribution in [-0.2, 0) is 0 Å². The summed E-state index contributed by atoms with van der Waals surface area (Å²) < 4.78 is 13.2. The summed E-state index contributed by atoms with van der Waals surface area (Å²) in [6, 6.07) is 4.58. The first kappa shape index (κ1) is 9.16. The number of benzene rings is 1. The van der Waals surface area contributed by atoms with Crippen LogP contribution in [0.1, 0.15) is 17.2 Å². The zero-order chi connectivity index (χ0) is 9.14. The zero-order valence-electron chi connectivity index (χ0n) is 7.05. The van der Waals surface area contributed by atoms with E-state index in [0.29, 0.717) is 5.56 Å². The third kappa shape index (κ3) is 1.81. The minimum absolute atomic E-state index is 0.264. The van der Waals surface area contributed by atoms with E-state index in [1.54, 1.807) is 6.07 Å². The molecule has 4 N–H and O–H groups in total. The smallest absolute Gasteiger partial charge is 0.128 e. The molecule has 1 aromatic carbocycles. The summed E-state index contributed by atoms with van der Waals surface area (Å²) in [6.45, 7) is 2.10. The van der Waals surface area contributed by atoms with E-state index in [2.05, 4.69) is 0 Å². The molecule has 0 spiro atoms. The van der Waals surface area contributed by atoms with E-state index in [-0.39, 0.29) is 12.4 Å². The van der Waals surface area contributed by atoms with Gasteiger partial charge in [0, 0.05) is 18.2 Å². The van der Waals surface area contributed by atoms with Gasteiger partial charge in [-0.1, -0.05) is 12.1 Å². The van der Waals surface area contributed by atoms with Crippen LogP contribution in [0.25, 0.3) is 0 Å². The quantitative estimate of drug-likeness (QED) is 0.694. The van der Waals surface area contributed by atoms with Gasteiger partial charge in [0.05, 0.1) is 0 Å². The van der Waals surface area contributed by atoms with Crippen molar-refractivity contribution in [2.24, 2.45) is 11.5 Å². The average Bonchev–Trinajstić information content (AvgIpc) is 2.03. The monoisotopic (exact) mass is 168 g/mol. The van der Waals surface area contributed by atoms with E-state index < -0.39 is 6.04 Å². The Morgan fingerprint density at radius 3 is 2.67 bits per heavy atom. The van der Waals surface area contributed by atoms with Crippen LogP contribution in [0.5, 0.6) is 0 Å². The highest BCUT2D eigenvalue weighted by molar-refractivity contribution is 5.25. The van der Waals surface area contributed by atoms with Crippen LogP contribution in [0.3, 0.4) is 0 Å². The summed E-state index contributed by atoms with van der Waals surface area (Å²) in [5.74, 6) is -0.270. The second kappa shape index (κ2) is 3.65. The summed E-state index contributed by atoms with van der Waals surface area (Å²) in [5, 5.41) is 0. The van der Waals surface area contributed by atoms with E-state index in [4.69, 9.17) is 11.5 Å². The van der Waals surface area contributed by atoms with Crippen molar-refractivity contribution in [1.82, 2.24) is 0 Å². The Morgan fingerprint density at radius 1 is 1.50 bits per heavy atom. The summed E-state index contributed by atoms with van der Waals surface area (Å²) in [7, 11) is 0. The van der Waals surface area contributed by atoms with E-state index >= 15 is 0 Å². The molecule has 1 atom stereocenters. The molecule has 1 rings (SSSR count). The highest BCUT2D eigenvalue weighted by Gasteiger charge is 2.08. The molecule has 0 saturated heterocycles. The first-order chi connectivity index (χ1) is 5.65.